The second-order valence-corrected chi connectivity index (χ2v) is 6.80. The summed E-state index contributed by atoms with van der Waals surface area (Å²) < 4.78 is 15.6. The predicted molar refractivity (Wildman–Crippen MR) is 106 cm³/mol. The average Bonchev–Trinajstić information content (AvgIpc) is 3.31. The number of aromatic nitrogens is 3. The summed E-state index contributed by atoms with van der Waals surface area (Å²) in [6.45, 7) is 1.28. The van der Waals surface area contributed by atoms with Gasteiger partial charge in [-0.15, -0.1) is 0 Å². The minimum absolute atomic E-state index is 0.0414. The number of carbonyl (C=O) groups is 1. The van der Waals surface area contributed by atoms with E-state index in [1.54, 1.807) is 30.2 Å². The van der Waals surface area contributed by atoms with Crippen LogP contribution in [0.2, 0.25) is 0 Å². The van der Waals surface area contributed by atoms with Crippen molar-refractivity contribution in [2.45, 2.75) is 12.5 Å². The fraction of sp³-hybridized carbons (Fsp3) is 0.250. The first-order valence-corrected chi connectivity index (χ1v) is 9.11. The molecule has 0 saturated carbocycles. The molecule has 1 atom stereocenters. The SMILES string of the molecule is Cn1cnc(-c2cccc(NC(=O)NC3CCN(c4ccccc4F)C3)c2)n1. The van der Waals surface area contributed by atoms with Crippen LogP contribution in [-0.2, 0) is 7.05 Å². The van der Waals surface area contributed by atoms with E-state index in [4.69, 9.17) is 0 Å². The number of carbonyl (C=O) groups excluding carboxylic acids is 1. The normalized spacial score (nSPS) is 16.2. The molecule has 2 amide bonds. The Morgan fingerprint density at radius 3 is 2.86 bits per heavy atom. The first kappa shape index (κ1) is 18.0. The summed E-state index contributed by atoms with van der Waals surface area (Å²) in [5, 5.41) is 10.1. The zero-order valence-corrected chi connectivity index (χ0v) is 15.5. The van der Waals surface area contributed by atoms with Gasteiger partial charge in [0.1, 0.15) is 12.1 Å². The Hall–Kier alpha value is -3.42. The molecular formula is C20H21FN6O. The third-order valence-corrected chi connectivity index (χ3v) is 4.69. The van der Waals surface area contributed by atoms with Gasteiger partial charge in [0.15, 0.2) is 5.82 Å². The lowest BCUT2D eigenvalue weighted by Gasteiger charge is -2.19. The van der Waals surface area contributed by atoms with Gasteiger partial charge in [0.25, 0.3) is 0 Å². The lowest BCUT2D eigenvalue weighted by molar-refractivity contribution is 0.249. The number of hydrogen-bond acceptors (Lipinski definition) is 4. The van der Waals surface area contributed by atoms with E-state index >= 15 is 0 Å². The number of nitrogens with zero attached hydrogens (tertiary/aromatic N) is 4. The molecule has 1 fully saturated rings. The van der Waals surface area contributed by atoms with Crippen LogP contribution in [0.1, 0.15) is 6.42 Å². The van der Waals surface area contributed by atoms with Crippen LogP contribution in [0.15, 0.2) is 54.9 Å². The second-order valence-electron chi connectivity index (χ2n) is 6.80. The number of rotatable bonds is 4. The fourth-order valence-electron chi connectivity index (χ4n) is 3.37. The van der Waals surface area contributed by atoms with Gasteiger partial charge in [0, 0.05) is 37.4 Å². The van der Waals surface area contributed by atoms with Gasteiger partial charge in [-0.25, -0.2) is 14.2 Å². The summed E-state index contributed by atoms with van der Waals surface area (Å²) in [7, 11) is 1.80. The van der Waals surface area contributed by atoms with Gasteiger partial charge >= 0.3 is 6.03 Å². The maximum atomic E-state index is 13.9. The molecule has 7 nitrogen and oxygen atoms in total. The summed E-state index contributed by atoms with van der Waals surface area (Å²) in [4.78, 5) is 18.6. The lowest BCUT2D eigenvalue weighted by atomic mass is 10.2. The highest BCUT2D eigenvalue weighted by molar-refractivity contribution is 5.90. The van der Waals surface area contributed by atoms with Crippen LogP contribution in [0, 0.1) is 5.82 Å². The van der Waals surface area contributed by atoms with E-state index in [1.165, 1.54) is 6.07 Å². The van der Waals surface area contributed by atoms with Crippen LogP contribution >= 0.6 is 0 Å². The van der Waals surface area contributed by atoms with Crippen LogP contribution in [0.4, 0.5) is 20.6 Å². The van der Waals surface area contributed by atoms with Crippen LogP contribution in [0.25, 0.3) is 11.4 Å². The molecule has 8 heteroatoms. The molecule has 1 saturated heterocycles. The minimum atomic E-state index is -0.286. The van der Waals surface area contributed by atoms with Crippen molar-refractivity contribution in [1.29, 1.82) is 0 Å². The number of nitrogens with one attached hydrogen (secondary N) is 2. The van der Waals surface area contributed by atoms with Crippen molar-refractivity contribution in [3.8, 4) is 11.4 Å². The fourth-order valence-corrected chi connectivity index (χ4v) is 3.37. The van der Waals surface area contributed by atoms with E-state index in [9.17, 15) is 9.18 Å². The molecule has 0 bridgehead atoms. The van der Waals surface area contributed by atoms with Gasteiger partial charge in [-0.05, 0) is 30.7 Å². The van der Waals surface area contributed by atoms with E-state index in [1.807, 2.05) is 35.2 Å². The largest absolute Gasteiger partial charge is 0.367 e. The number of urea groups is 1. The van der Waals surface area contributed by atoms with Crippen LogP contribution in [0.3, 0.4) is 0 Å². The Bertz CT molecular complexity index is 988. The molecular weight excluding hydrogens is 359 g/mol. The number of hydrogen-bond donors (Lipinski definition) is 2. The molecule has 0 spiro atoms. The van der Waals surface area contributed by atoms with Crippen molar-refractivity contribution in [3.63, 3.8) is 0 Å². The third kappa shape index (κ3) is 3.95. The topological polar surface area (TPSA) is 75.1 Å². The average molecular weight is 380 g/mol. The highest BCUT2D eigenvalue weighted by atomic mass is 19.1. The molecule has 1 aliphatic heterocycles. The van der Waals surface area contributed by atoms with Gasteiger partial charge in [0.2, 0.25) is 0 Å². The molecule has 4 rings (SSSR count). The van der Waals surface area contributed by atoms with Crippen molar-refractivity contribution in [2.75, 3.05) is 23.3 Å². The number of benzene rings is 2. The highest BCUT2D eigenvalue weighted by Gasteiger charge is 2.25. The number of halogens is 1. The quantitative estimate of drug-likeness (QED) is 0.730. The van der Waals surface area contributed by atoms with Gasteiger partial charge < -0.3 is 15.5 Å². The Morgan fingerprint density at radius 1 is 1.21 bits per heavy atom. The van der Waals surface area contributed by atoms with Crippen molar-refractivity contribution in [2.24, 2.45) is 7.05 Å². The smallest absolute Gasteiger partial charge is 0.319 e. The van der Waals surface area contributed by atoms with Crippen molar-refractivity contribution < 1.29 is 9.18 Å². The molecule has 1 aromatic heterocycles. The summed E-state index contributed by atoms with van der Waals surface area (Å²) in [6, 6.07) is 13.7. The number of para-hydroxylation sites is 1. The molecule has 2 heterocycles. The van der Waals surface area contributed by atoms with E-state index in [0.717, 1.165) is 12.0 Å². The van der Waals surface area contributed by atoms with Crippen LogP contribution < -0.4 is 15.5 Å². The summed E-state index contributed by atoms with van der Waals surface area (Å²) in [5.74, 6) is 0.357. The summed E-state index contributed by atoms with van der Waals surface area (Å²) in [6.07, 6.45) is 2.39. The van der Waals surface area contributed by atoms with Crippen LogP contribution in [0.5, 0.6) is 0 Å². The third-order valence-electron chi connectivity index (χ3n) is 4.69. The van der Waals surface area contributed by atoms with E-state index in [2.05, 4.69) is 20.7 Å². The molecule has 3 aromatic rings. The Kier molecular flexibility index (Phi) is 4.92. The van der Waals surface area contributed by atoms with Gasteiger partial charge in [0.05, 0.1) is 5.69 Å². The molecule has 2 aromatic carbocycles. The monoisotopic (exact) mass is 380 g/mol. The molecule has 1 aliphatic rings. The second kappa shape index (κ2) is 7.67. The molecule has 144 valence electrons. The first-order valence-electron chi connectivity index (χ1n) is 9.11. The van der Waals surface area contributed by atoms with Crippen LogP contribution in [-0.4, -0.2) is 39.9 Å². The first-order chi connectivity index (χ1) is 13.6. The lowest BCUT2D eigenvalue weighted by Crippen LogP contribution is -2.39. The molecule has 28 heavy (non-hydrogen) atoms. The van der Waals surface area contributed by atoms with Crippen molar-refractivity contribution in [3.05, 3.63) is 60.7 Å². The van der Waals surface area contributed by atoms with Crippen molar-refractivity contribution in [1.82, 2.24) is 20.1 Å². The number of anilines is 2. The molecule has 0 aliphatic carbocycles. The Balaban J connectivity index is 1.36. The molecule has 2 N–H and O–H groups in total. The maximum absolute atomic E-state index is 13.9. The summed E-state index contributed by atoms with van der Waals surface area (Å²) >= 11 is 0. The van der Waals surface area contributed by atoms with E-state index < -0.39 is 0 Å². The minimum Gasteiger partial charge on any atom is -0.367 e. The predicted octanol–water partition coefficient (Wildman–Crippen LogP) is 3.02. The standard InChI is InChI=1S/C20H21FN6O/c1-26-13-22-19(25-26)14-5-4-6-15(11-14)23-20(28)24-16-9-10-27(12-16)18-8-3-2-7-17(18)21/h2-8,11,13,16H,9-10,12H2,1H3,(H2,23,24,28). The maximum Gasteiger partial charge on any atom is 0.319 e. The number of amides is 2. The molecule has 0 radical (unpaired) electrons. The number of aryl methyl sites for hydroxylation is 1. The summed E-state index contributed by atoms with van der Waals surface area (Å²) in [5.41, 5.74) is 2.05. The highest BCUT2D eigenvalue weighted by Crippen LogP contribution is 2.23. The van der Waals surface area contributed by atoms with E-state index in [0.29, 0.717) is 30.3 Å². The van der Waals surface area contributed by atoms with Gasteiger partial charge in [-0.2, -0.15) is 5.10 Å². The van der Waals surface area contributed by atoms with Gasteiger partial charge in [-0.3, -0.25) is 4.68 Å². The zero-order chi connectivity index (χ0) is 19.5. The van der Waals surface area contributed by atoms with Crippen molar-refractivity contribution >= 4 is 17.4 Å². The molecule has 1 unspecified atom stereocenters. The Morgan fingerprint density at radius 2 is 2.07 bits per heavy atom. The van der Waals surface area contributed by atoms with Gasteiger partial charge in [-0.1, -0.05) is 24.3 Å². The zero-order valence-electron chi connectivity index (χ0n) is 15.5. The Labute approximate surface area is 162 Å². The van der Waals surface area contributed by atoms with E-state index in [-0.39, 0.29) is 17.9 Å².